The number of rotatable bonds is 3. The van der Waals surface area contributed by atoms with Crippen molar-refractivity contribution >= 4 is 45.2 Å². The molecule has 0 saturated carbocycles. The van der Waals surface area contributed by atoms with Crippen LogP contribution in [-0.4, -0.2) is 64.2 Å². The van der Waals surface area contributed by atoms with Gasteiger partial charge in [0.1, 0.15) is 0 Å². The van der Waals surface area contributed by atoms with Gasteiger partial charge < -0.3 is 25.8 Å². The number of nitrogens with zero attached hydrogens (tertiary/aromatic N) is 4. The molecular weight excluding hydrogens is 368 g/mol. The molecule has 9 nitrogen and oxygen atoms in total. The second-order valence-electron chi connectivity index (χ2n) is 7.43. The zero-order valence-corrected chi connectivity index (χ0v) is 16.1. The largest absolute Gasteiger partial charge is 0.369 e. The van der Waals surface area contributed by atoms with Gasteiger partial charge in [0.2, 0.25) is 0 Å². The molecule has 4 aromatic rings. The minimum absolute atomic E-state index is 0.179. The van der Waals surface area contributed by atoms with Crippen LogP contribution in [0.4, 0.5) is 17.3 Å². The summed E-state index contributed by atoms with van der Waals surface area (Å²) in [6.07, 6.45) is 1.75. The van der Waals surface area contributed by atoms with Gasteiger partial charge in [-0.3, -0.25) is 9.89 Å². The first-order valence-corrected chi connectivity index (χ1v) is 9.54. The number of likely N-dealkylation sites (N-methyl/N-ethyl adjacent to an activating group) is 1. The smallest absolute Gasteiger partial charge is 0.257 e. The van der Waals surface area contributed by atoms with E-state index in [4.69, 9.17) is 5.73 Å². The Kier molecular flexibility index (Phi) is 4.09. The summed E-state index contributed by atoms with van der Waals surface area (Å²) in [6, 6.07) is 9.45. The minimum atomic E-state index is -0.179. The van der Waals surface area contributed by atoms with Gasteiger partial charge in [0.15, 0.2) is 5.95 Å². The van der Waals surface area contributed by atoms with Crippen LogP contribution in [0.5, 0.6) is 0 Å². The number of nitrogen functional groups attached to an aromatic ring is 1. The van der Waals surface area contributed by atoms with Crippen molar-refractivity contribution < 1.29 is 4.79 Å². The normalized spacial score (nSPS) is 15.3. The van der Waals surface area contributed by atoms with E-state index in [0.29, 0.717) is 22.7 Å². The van der Waals surface area contributed by atoms with Crippen LogP contribution in [0.2, 0.25) is 0 Å². The van der Waals surface area contributed by atoms with E-state index in [1.165, 1.54) is 0 Å². The zero-order chi connectivity index (χ0) is 20.0. The van der Waals surface area contributed by atoms with Crippen LogP contribution in [0.15, 0.2) is 36.5 Å². The highest BCUT2D eigenvalue weighted by Crippen LogP contribution is 2.29. The van der Waals surface area contributed by atoms with Gasteiger partial charge in [-0.15, -0.1) is 0 Å². The first kappa shape index (κ1) is 17.5. The maximum absolute atomic E-state index is 13.2. The van der Waals surface area contributed by atoms with Gasteiger partial charge in [0.25, 0.3) is 5.91 Å². The fourth-order valence-corrected chi connectivity index (χ4v) is 3.77. The molecule has 3 heterocycles. The highest BCUT2D eigenvalue weighted by molar-refractivity contribution is 6.11. The lowest BCUT2D eigenvalue weighted by atomic mass is 10.1. The summed E-state index contributed by atoms with van der Waals surface area (Å²) >= 11 is 0. The molecule has 1 aliphatic heterocycles. The number of anilines is 3. The predicted octanol–water partition coefficient (Wildman–Crippen LogP) is 2.03. The number of fused-ring (bicyclic) bond motifs is 2. The SMILES string of the molecule is CN1CCN(c2cc3[nH]c(N)nc3cc2C(=O)Nc2ccc3cn[nH]c3c2)CC1. The summed E-state index contributed by atoms with van der Waals surface area (Å²) in [5, 5.41) is 11.0. The Morgan fingerprint density at radius 1 is 1.14 bits per heavy atom. The van der Waals surface area contributed by atoms with Gasteiger partial charge in [0, 0.05) is 37.3 Å². The number of H-pyrrole nitrogens is 2. The molecule has 0 aliphatic carbocycles. The molecule has 2 aromatic carbocycles. The van der Waals surface area contributed by atoms with E-state index in [1.807, 2.05) is 24.3 Å². The van der Waals surface area contributed by atoms with Crippen LogP contribution >= 0.6 is 0 Å². The highest BCUT2D eigenvalue weighted by Gasteiger charge is 2.22. The van der Waals surface area contributed by atoms with Crippen molar-refractivity contribution in [2.24, 2.45) is 0 Å². The molecule has 0 spiro atoms. The molecule has 0 atom stereocenters. The number of aromatic nitrogens is 4. The van der Waals surface area contributed by atoms with Gasteiger partial charge in [0.05, 0.1) is 34.0 Å². The third-order valence-corrected chi connectivity index (χ3v) is 5.41. The average Bonchev–Trinajstić information content (AvgIpc) is 3.32. The third kappa shape index (κ3) is 3.25. The molecule has 5 rings (SSSR count). The molecule has 29 heavy (non-hydrogen) atoms. The Hall–Kier alpha value is -3.59. The number of carbonyl (C=O) groups excluding carboxylic acids is 1. The second kappa shape index (κ2) is 6.78. The van der Waals surface area contributed by atoms with Crippen molar-refractivity contribution in [3.8, 4) is 0 Å². The van der Waals surface area contributed by atoms with E-state index in [9.17, 15) is 4.79 Å². The van der Waals surface area contributed by atoms with Crippen LogP contribution in [-0.2, 0) is 0 Å². The van der Waals surface area contributed by atoms with Crippen molar-refractivity contribution in [1.82, 2.24) is 25.1 Å². The Morgan fingerprint density at radius 2 is 1.97 bits per heavy atom. The van der Waals surface area contributed by atoms with E-state index in [0.717, 1.165) is 48.3 Å². The van der Waals surface area contributed by atoms with Gasteiger partial charge in [-0.25, -0.2) is 4.98 Å². The van der Waals surface area contributed by atoms with E-state index in [2.05, 4.69) is 42.3 Å². The van der Waals surface area contributed by atoms with E-state index in [-0.39, 0.29) is 5.91 Å². The van der Waals surface area contributed by atoms with Gasteiger partial charge in [-0.1, -0.05) is 0 Å². The number of benzene rings is 2. The van der Waals surface area contributed by atoms with Gasteiger partial charge in [-0.2, -0.15) is 5.10 Å². The van der Waals surface area contributed by atoms with Gasteiger partial charge in [-0.05, 0) is 37.4 Å². The maximum atomic E-state index is 13.2. The quantitative estimate of drug-likeness (QED) is 0.425. The predicted molar refractivity (Wildman–Crippen MR) is 114 cm³/mol. The lowest BCUT2D eigenvalue weighted by Crippen LogP contribution is -2.45. The second-order valence-corrected chi connectivity index (χ2v) is 7.43. The van der Waals surface area contributed by atoms with Gasteiger partial charge >= 0.3 is 0 Å². The highest BCUT2D eigenvalue weighted by atomic mass is 16.1. The van der Waals surface area contributed by atoms with Crippen molar-refractivity contribution in [2.45, 2.75) is 0 Å². The molecular formula is C20H22N8O. The zero-order valence-electron chi connectivity index (χ0n) is 16.1. The lowest BCUT2D eigenvalue weighted by molar-refractivity contribution is 0.102. The summed E-state index contributed by atoms with van der Waals surface area (Å²) in [5.41, 5.74) is 10.4. The number of carbonyl (C=O) groups is 1. The van der Waals surface area contributed by atoms with Crippen LogP contribution < -0.4 is 16.0 Å². The molecule has 1 aliphatic rings. The molecule has 0 radical (unpaired) electrons. The lowest BCUT2D eigenvalue weighted by Gasteiger charge is -2.35. The maximum Gasteiger partial charge on any atom is 0.257 e. The molecule has 0 unspecified atom stereocenters. The number of nitrogens with one attached hydrogen (secondary N) is 3. The number of hydrogen-bond donors (Lipinski definition) is 4. The first-order valence-electron chi connectivity index (χ1n) is 9.54. The van der Waals surface area contributed by atoms with E-state index in [1.54, 1.807) is 12.3 Å². The molecule has 2 aromatic heterocycles. The molecule has 0 bridgehead atoms. The van der Waals surface area contributed by atoms with Crippen molar-refractivity contribution in [2.75, 3.05) is 49.2 Å². The Labute approximate surface area is 166 Å². The number of amides is 1. The molecule has 9 heteroatoms. The third-order valence-electron chi connectivity index (χ3n) is 5.41. The van der Waals surface area contributed by atoms with Crippen LogP contribution in [0, 0.1) is 0 Å². The summed E-state index contributed by atoms with van der Waals surface area (Å²) in [7, 11) is 2.11. The van der Waals surface area contributed by atoms with Crippen LogP contribution in [0.25, 0.3) is 21.9 Å². The molecule has 5 N–H and O–H groups in total. The summed E-state index contributed by atoms with van der Waals surface area (Å²) in [5.74, 6) is 0.160. The minimum Gasteiger partial charge on any atom is -0.369 e. The average molecular weight is 390 g/mol. The van der Waals surface area contributed by atoms with E-state index >= 15 is 0 Å². The fraction of sp³-hybridized carbons (Fsp3) is 0.250. The summed E-state index contributed by atoms with van der Waals surface area (Å²) in [6.45, 7) is 3.60. The number of piperazine rings is 1. The van der Waals surface area contributed by atoms with Crippen molar-refractivity contribution in [1.29, 1.82) is 0 Å². The molecule has 1 amide bonds. The molecule has 148 valence electrons. The van der Waals surface area contributed by atoms with Crippen LogP contribution in [0.1, 0.15) is 10.4 Å². The van der Waals surface area contributed by atoms with E-state index < -0.39 is 0 Å². The van der Waals surface area contributed by atoms with Crippen molar-refractivity contribution in [3.05, 3.63) is 42.1 Å². The Morgan fingerprint density at radius 3 is 2.79 bits per heavy atom. The number of aromatic amines is 2. The monoisotopic (exact) mass is 390 g/mol. The topological polar surface area (TPSA) is 119 Å². The van der Waals surface area contributed by atoms with Crippen molar-refractivity contribution in [3.63, 3.8) is 0 Å². The van der Waals surface area contributed by atoms with Crippen LogP contribution in [0.3, 0.4) is 0 Å². The number of imidazole rings is 1. The fourth-order valence-electron chi connectivity index (χ4n) is 3.77. The standard InChI is InChI=1S/C20H22N8O/c1-27-4-6-28(7-5-27)18-10-17-16(24-20(21)25-17)9-14(18)19(29)23-13-3-2-12-11-22-26-15(12)8-13/h2-3,8-11H,4-7H2,1H3,(H,22,26)(H,23,29)(H3,21,24,25). The Balaban J connectivity index is 1.52. The molecule has 1 fully saturated rings. The number of nitrogens with two attached hydrogens (primary N) is 1. The number of hydrogen-bond acceptors (Lipinski definition) is 6. The summed E-state index contributed by atoms with van der Waals surface area (Å²) in [4.78, 5) is 25.1. The molecule has 1 saturated heterocycles. The summed E-state index contributed by atoms with van der Waals surface area (Å²) < 4.78 is 0. The first-order chi connectivity index (χ1) is 14.1. The Bertz CT molecular complexity index is 1200.